The Bertz CT molecular complexity index is 1100. The first-order valence-electron chi connectivity index (χ1n) is 7.38. The molecule has 0 amide bonds. The molecule has 1 N–H and O–H groups in total. The Hall–Kier alpha value is -1.83. The van der Waals surface area contributed by atoms with E-state index in [9.17, 15) is 4.79 Å². The molecular formula is C18H11Br2NO3S. The van der Waals surface area contributed by atoms with E-state index in [1.54, 1.807) is 6.07 Å². The molecule has 0 aliphatic rings. The second kappa shape index (κ2) is 6.48. The van der Waals surface area contributed by atoms with Crippen LogP contribution in [-0.2, 0) is 6.54 Å². The predicted molar refractivity (Wildman–Crippen MR) is 107 cm³/mol. The van der Waals surface area contributed by atoms with E-state index < -0.39 is 6.16 Å². The third-order valence-corrected chi connectivity index (χ3v) is 6.81. The molecule has 126 valence electrons. The fourth-order valence-corrected chi connectivity index (χ4v) is 4.60. The van der Waals surface area contributed by atoms with Gasteiger partial charge in [0.1, 0.15) is 4.83 Å². The smallest absolute Gasteiger partial charge is 0.449 e. The van der Waals surface area contributed by atoms with Gasteiger partial charge >= 0.3 is 6.16 Å². The first kappa shape index (κ1) is 16.6. The summed E-state index contributed by atoms with van der Waals surface area (Å²) in [5.74, 6) is 0. The SMILES string of the molecule is O=C(O)Oc1cc2c3cc(Br)c(Br)cc3n(Cc3ccccc3)c2s1. The van der Waals surface area contributed by atoms with Gasteiger partial charge in [0.05, 0.1) is 5.52 Å². The second-order valence-electron chi connectivity index (χ2n) is 5.51. The number of benzene rings is 2. The number of nitrogens with zero attached hydrogens (tertiary/aromatic N) is 1. The number of halogens is 2. The zero-order valence-electron chi connectivity index (χ0n) is 12.7. The Morgan fingerprint density at radius 3 is 2.52 bits per heavy atom. The van der Waals surface area contributed by atoms with E-state index >= 15 is 0 Å². The number of carbonyl (C=O) groups is 1. The molecule has 4 aromatic rings. The summed E-state index contributed by atoms with van der Waals surface area (Å²) in [5, 5.41) is 11.3. The minimum Gasteiger partial charge on any atom is -0.449 e. The number of ether oxygens (including phenoxy) is 1. The Morgan fingerprint density at radius 2 is 1.80 bits per heavy atom. The van der Waals surface area contributed by atoms with Crippen molar-refractivity contribution in [3.05, 3.63) is 63.0 Å². The summed E-state index contributed by atoms with van der Waals surface area (Å²) in [7, 11) is 0. The van der Waals surface area contributed by atoms with Crippen LogP contribution in [-0.4, -0.2) is 15.8 Å². The van der Waals surface area contributed by atoms with E-state index in [-0.39, 0.29) is 0 Å². The summed E-state index contributed by atoms with van der Waals surface area (Å²) in [6.45, 7) is 0.696. The van der Waals surface area contributed by atoms with E-state index in [0.717, 1.165) is 30.1 Å². The van der Waals surface area contributed by atoms with Crippen molar-refractivity contribution in [1.29, 1.82) is 0 Å². The highest BCUT2D eigenvalue weighted by atomic mass is 79.9. The quantitative estimate of drug-likeness (QED) is 0.341. The van der Waals surface area contributed by atoms with Crippen LogP contribution in [0.4, 0.5) is 4.79 Å². The third-order valence-electron chi connectivity index (χ3n) is 3.93. The molecule has 2 aromatic carbocycles. The maximum atomic E-state index is 10.9. The van der Waals surface area contributed by atoms with E-state index in [2.05, 4.69) is 54.6 Å². The Morgan fingerprint density at radius 1 is 1.08 bits per heavy atom. The minimum atomic E-state index is -1.30. The maximum Gasteiger partial charge on any atom is 0.512 e. The van der Waals surface area contributed by atoms with Crippen LogP contribution in [0.5, 0.6) is 5.06 Å². The molecule has 4 rings (SSSR count). The Labute approximate surface area is 163 Å². The molecule has 2 aromatic heterocycles. The van der Waals surface area contributed by atoms with Crippen LogP contribution in [0, 0.1) is 0 Å². The molecule has 25 heavy (non-hydrogen) atoms. The lowest BCUT2D eigenvalue weighted by atomic mass is 10.2. The Balaban J connectivity index is 1.96. The molecule has 0 bridgehead atoms. The topological polar surface area (TPSA) is 51.5 Å². The van der Waals surface area contributed by atoms with Gasteiger partial charge in [-0.25, -0.2) is 4.79 Å². The summed E-state index contributed by atoms with van der Waals surface area (Å²) in [6, 6.07) is 16.1. The first-order valence-corrected chi connectivity index (χ1v) is 9.78. The summed E-state index contributed by atoms with van der Waals surface area (Å²) in [5.41, 5.74) is 2.26. The fourth-order valence-electron chi connectivity index (χ4n) is 2.90. The van der Waals surface area contributed by atoms with E-state index in [0.29, 0.717) is 11.6 Å². The molecule has 0 spiro atoms. The number of hydrogen-bond donors (Lipinski definition) is 1. The van der Waals surface area contributed by atoms with Gasteiger partial charge in [0.15, 0.2) is 5.06 Å². The third kappa shape index (κ3) is 3.07. The summed E-state index contributed by atoms with van der Waals surface area (Å²) < 4.78 is 8.98. The van der Waals surface area contributed by atoms with Gasteiger partial charge in [0.25, 0.3) is 0 Å². The van der Waals surface area contributed by atoms with Crippen LogP contribution in [0.2, 0.25) is 0 Å². The van der Waals surface area contributed by atoms with Gasteiger partial charge in [-0.05, 0) is 49.6 Å². The van der Waals surface area contributed by atoms with Gasteiger partial charge in [-0.2, -0.15) is 0 Å². The highest BCUT2D eigenvalue weighted by Crippen LogP contribution is 2.41. The molecule has 7 heteroatoms. The zero-order chi connectivity index (χ0) is 17.6. The molecule has 0 aliphatic heterocycles. The first-order chi connectivity index (χ1) is 12.0. The van der Waals surface area contributed by atoms with E-state index in [1.165, 1.54) is 16.9 Å². The van der Waals surface area contributed by atoms with E-state index in [1.807, 2.05) is 24.3 Å². The number of thiophene rings is 1. The van der Waals surface area contributed by atoms with Crippen LogP contribution < -0.4 is 4.74 Å². The van der Waals surface area contributed by atoms with Crippen LogP contribution in [0.3, 0.4) is 0 Å². The molecule has 0 fully saturated rings. The van der Waals surface area contributed by atoms with Gasteiger partial charge < -0.3 is 14.4 Å². The van der Waals surface area contributed by atoms with Gasteiger partial charge in [0.2, 0.25) is 0 Å². The number of aromatic nitrogens is 1. The average molecular weight is 481 g/mol. The monoisotopic (exact) mass is 479 g/mol. The van der Waals surface area contributed by atoms with Gasteiger partial charge in [-0.1, -0.05) is 41.7 Å². The van der Waals surface area contributed by atoms with Crippen molar-refractivity contribution in [2.45, 2.75) is 6.54 Å². The van der Waals surface area contributed by atoms with Crippen LogP contribution in [0.15, 0.2) is 57.5 Å². The number of fused-ring (bicyclic) bond motifs is 3. The molecule has 4 nitrogen and oxygen atoms in total. The Kier molecular flexibility index (Phi) is 4.31. The molecule has 0 saturated heterocycles. The number of carboxylic acid groups (broad SMARTS) is 1. The normalized spacial score (nSPS) is 11.3. The predicted octanol–water partition coefficient (Wildman–Crippen LogP) is 6.49. The summed E-state index contributed by atoms with van der Waals surface area (Å²) in [4.78, 5) is 11.9. The minimum absolute atomic E-state index is 0.375. The van der Waals surface area contributed by atoms with Crippen molar-refractivity contribution >= 4 is 70.5 Å². The second-order valence-corrected chi connectivity index (χ2v) is 8.21. The van der Waals surface area contributed by atoms with Crippen LogP contribution >= 0.6 is 43.2 Å². The summed E-state index contributed by atoms with van der Waals surface area (Å²) >= 11 is 8.45. The number of hydrogen-bond acceptors (Lipinski definition) is 3. The fraction of sp³-hybridized carbons (Fsp3) is 0.0556. The molecule has 0 atom stereocenters. The standard InChI is InChI=1S/C18H11Br2NO3S/c19-13-6-11-12-7-16(24-18(22)23)25-17(12)21(15(11)8-14(13)20)9-10-4-2-1-3-5-10/h1-8H,9H2,(H,22,23). The number of rotatable bonds is 3. The van der Waals surface area contributed by atoms with Crippen molar-refractivity contribution < 1.29 is 14.6 Å². The lowest BCUT2D eigenvalue weighted by molar-refractivity contribution is 0.146. The molecule has 2 heterocycles. The van der Waals surface area contributed by atoms with Crippen molar-refractivity contribution in [2.75, 3.05) is 0 Å². The van der Waals surface area contributed by atoms with Crippen molar-refractivity contribution in [2.24, 2.45) is 0 Å². The zero-order valence-corrected chi connectivity index (χ0v) is 16.7. The largest absolute Gasteiger partial charge is 0.512 e. The molecule has 0 saturated carbocycles. The lowest BCUT2D eigenvalue weighted by Crippen LogP contribution is -2.01. The van der Waals surface area contributed by atoms with Crippen molar-refractivity contribution in [3.8, 4) is 5.06 Å². The van der Waals surface area contributed by atoms with Gasteiger partial charge in [0, 0.05) is 32.3 Å². The average Bonchev–Trinajstić information content (AvgIpc) is 3.08. The van der Waals surface area contributed by atoms with Gasteiger partial charge in [-0.3, -0.25) is 0 Å². The molecular weight excluding hydrogens is 470 g/mol. The summed E-state index contributed by atoms with van der Waals surface area (Å²) in [6.07, 6.45) is -1.30. The highest BCUT2D eigenvalue weighted by Gasteiger charge is 2.18. The van der Waals surface area contributed by atoms with Crippen molar-refractivity contribution in [3.63, 3.8) is 0 Å². The molecule has 0 radical (unpaired) electrons. The van der Waals surface area contributed by atoms with Crippen LogP contribution in [0.25, 0.3) is 21.1 Å². The highest BCUT2D eigenvalue weighted by molar-refractivity contribution is 9.13. The van der Waals surface area contributed by atoms with E-state index in [4.69, 9.17) is 9.84 Å². The van der Waals surface area contributed by atoms with Crippen molar-refractivity contribution in [1.82, 2.24) is 4.57 Å². The molecule has 0 unspecified atom stereocenters. The lowest BCUT2D eigenvalue weighted by Gasteiger charge is -2.08. The maximum absolute atomic E-state index is 10.9. The van der Waals surface area contributed by atoms with Gasteiger partial charge in [-0.15, -0.1) is 0 Å². The van der Waals surface area contributed by atoms with Crippen LogP contribution in [0.1, 0.15) is 5.56 Å². The molecule has 0 aliphatic carbocycles.